The van der Waals surface area contributed by atoms with Crippen LogP contribution in [-0.4, -0.2) is 41.6 Å². The van der Waals surface area contributed by atoms with E-state index in [0.717, 1.165) is 42.8 Å². The molecule has 2 aliphatic rings. The SMILES string of the molecule is COc1ccc2c(c1)OC1(CCN(c3cnc4ccccc4n3)CC1)CC2=O. The average molecular weight is 375 g/mol. The summed E-state index contributed by atoms with van der Waals surface area (Å²) in [5, 5.41) is 0. The van der Waals surface area contributed by atoms with E-state index in [4.69, 9.17) is 14.5 Å². The molecular weight excluding hydrogens is 354 g/mol. The molecule has 142 valence electrons. The summed E-state index contributed by atoms with van der Waals surface area (Å²) in [6.07, 6.45) is 3.78. The molecule has 0 saturated carbocycles. The van der Waals surface area contributed by atoms with Crippen molar-refractivity contribution in [3.63, 3.8) is 0 Å². The highest BCUT2D eigenvalue weighted by molar-refractivity contribution is 6.00. The van der Waals surface area contributed by atoms with E-state index in [2.05, 4.69) is 9.88 Å². The van der Waals surface area contributed by atoms with Gasteiger partial charge in [-0.25, -0.2) is 4.98 Å². The quantitative estimate of drug-likeness (QED) is 0.681. The zero-order valence-electron chi connectivity index (χ0n) is 15.7. The summed E-state index contributed by atoms with van der Waals surface area (Å²) in [6, 6.07) is 13.3. The fourth-order valence-corrected chi connectivity index (χ4v) is 4.12. The van der Waals surface area contributed by atoms with E-state index in [9.17, 15) is 4.79 Å². The zero-order chi connectivity index (χ0) is 19.1. The molecule has 2 aromatic carbocycles. The van der Waals surface area contributed by atoms with Gasteiger partial charge in [-0.3, -0.25) is 9.78 Å². The van der Waals surface area contributed by atoms with Gasteiger partial charge in [-0.2, -0.15) is 0 Å². The number of hydrogen-bond donors (Lipinski definition) is 0. The maximum absolute atomic E-state index is 12.7. The second-order valence-electron chi connectivity index (χ2n) is 7.45. The van der Waals surface area contributed by atoms with Crippen LogP contribution in [0.15, 0.2) is 48.7 Å². The maximum atomic E-state index is 12.7. The Kier molecular flexibility index (Phi) is 3.93. The fourth-order valence-electron chi connectivity index (χ4n) is 4.12. The molecule has 6 nitrogen and oxygen atoms in total. The minimum absolute atomic E-state index is 0.142. The van der Waals surface area contributed by atoms with Crippen LogP contribution in [0.3, 0.4) is 0 Å². The van der Waals surface area contributed by atoms with Crippen LogP contribution in [-0.2, 0) is 0 Å². The molecule has 0 radical (unpaired) electrons. The van der Waals surface area contributed by atoms with Crippen molar-refractivity contribution in [3.05, 3.63) is 54.2 Å². The van der Waals surface area contributed by atoms with Crippen molar-refractivity contribution in [1.82, 2.24) is 9.97 Å². The molecule has 3 aromatic rings. The Labute approximate surface area is 163 Å². The minimum atomic E-state index is -0.447. The van der Waals surface area contributed by atoms with E-state index in [1.54, 1.807) is 19.2 Å². The summed E-state index contributed by atoms with van der Waals surface area (Å²) in [4.78, 5) is 24.2. The molecule has 0 atom stereocenters. The lowest BCUT2D eigenvalue weighted by molar-refractivity contribution is 0.0229. The number of Topliss-reactive ketones (excluding diaryl/α,β-unsaturated/α-hetero) is 1. The number of carbonyl (C=O) groups is 1. The van der Waals surface area contributed by atoms with Gasteiger partial charge in [0.05, 0.1) is 36.3 Å². The third kappa shape index (κ3) is 2.85. The Morgan fingerprint density at radius 3 is 2.68 bits per heavy atom. The van der Waals surface area contributed by atoms with Crippen LogP contribution in [0.4, 0.5) is 5.82 Å². The number of ether oxygens (including phenoxy) is 2. The van der Waals surface area contributed by atoms with Crippen LogP contribution in [0.1, 0.15) is 29.6 Å². The van der Waals surface area contributed by atoms with Gasteiger partial charge >= 0.3 is 0 Å². The summed E-state index contributed by atoms with van der Waals surface area (Å²) < 4.78 is 11.7. The lowest BCUT2D eigenvalue weighted by atomic mass is 9.82. The van der Waals surface area contributed by atoms with Gasteiger partial charge in [0.1, 0.15) is 22.9 Å². The van der Waals surface area contributed by atoms with E-state index < -0.39 is 5.60 Å². The summed E-state index contributed by atoms with van der Waals surface area (Å²) in [7, 11) is 1.62. The molecule has 0 amide bonds. The van der Waals surface area contributed by atoms with Crippen molar-refractivity contribution in [2.75, 3.05) is 25.1 Å². The summed E-state index contributed by atoms with van der Waals surface area (Å²) >= 11 is 0. The number of carbonyl (C=O) groups excluding carboxylic acids is 1. The molecule has 1 aromatic heterocycles. The van der Waals surface area contributed by atoms with E-state index in [0.29, 0.717) is 23.5 Å². The van der Waals surface area contributed by atoms with Crippen molar-refractivity contribution in [2.24, 2.45) is 0 Å². The van der Waals surface area contributed by atoms with Crippen LogP contribution < -0.4 is 14.4 Å². The van der Waals surface area contributed by atoms with E-state index >= 15 is 0 Å². The van der Waals surface area contributed by atoms with Crippen molar-refractivity contribution in [1.29, 1.82) is 0 Å². The van der Waals surface area contributed by atoms with E-state index in [-0.39, 0.29) is 5.78 Å². The summed E-state index contributed by atoms with van der Waals surface area (Å²) in [5.41, 5.74) is 1.99. The highest BCUT2D eigenvalue weighted by Gasteiger charge is 2.43. The molecule has 3 heterocycles. The molecule has 1 saturated heterocycles. The Balaban J connectivity index is 1.36. The average Bonchev–Trinajstić information content (AvgIpc) is 2.73. The lowest BCUT2D eigenvalue weighted by Crippen LogP contribution is -2.51. The molecule has 0 aliphatic carbocycles. The van der Waals surface area contributed by atoms with Gasteiger partial charge < -0.3 is 14.4 Å². The number of anilines is 1. The van der Waals surface area contributed by atoms with Gasteiger partial charge in [-0.1, -0.05) is 12.1 Å². The Morgan fingerprint density at radius 1 is 1.11 bits per heavy atom. The highest BCUT2D eigenvalue weighted by Crippen LogP contribution is 2.41. The third-order valence-electron chi connectivity index (χ3n) is 5.73. The van der Waals surface area contributed by atoms with Crippen molar-refractivity contribution in [2.45, 2.75) is 24.9 Å². The zero-order valence-corrected chi connectivity index (χ0v) is 15.7. The van der Waals surface area contributed by atoms with Gasteiger partial charge in [0, 0.05) is 32.0 Å². The minimum Gasteiger partial charge on any atom is -0.497 e. The standard InChI is InChI=1S/C22H21N3O3/c1-27-15-6-7-16-19(26)13-22(28-20(16)12-15)8-10-25(11-9-22)21-14-23-17-4-2-3-5-18(17)24-21/h2-7,12,14H,8-11,13H2,1H3. The predicted molar refractivity (Wildman–Crippen MR) is 106 cm³/mol. The number of ketones is 1. The number of hydrogen-bond acceptors (Lipinski definition) is 6. The normalized spacial score (nSPS) is 18.0. The number of rotatable bonds is 2. The smallest absolute Gasteiger partial charge is 0.170 e. The van der Waals surface area contributed by atoms with Gasteiger partial charge in [0.2, 0.25) is 0 Å². The first-order chi connectivity index (χ1) is 13.7. The van der Waals surface area contributed by atoms with Crippen LogP contribution in [0.2, 0.25) is 0 Å². The molecule has 6 heteroatoms. The third-order valence-corrected chi connectivity index (χ3v) is 5.73. The Morgan fingerprint density at radius 2 is 1.89 bits per heavy atom. The summed E-state index contributed by atoms with van der Waals surface area (Å²) in [6.45, 7) is 1.55. The molecule has 28 heavy (non-hydrogen) atoms. The maximum Gasteiger partial charge on any atom is 0.170 e. The van der Waals surface area contributed by atoms with Gasteiger partial charge in [-0.15, -0.1) is 0 Å². The molecule has 0 unspecified atom stereocenters. The predicted octanol–water partition coefficient (Wildman–Crippen LogP) is 3.64. The fraction of sp³-hybridized carbons (Fsp3) is 0.318. The molecule has 0 N–H and O–H groups in total. The number of fused-ring (bicyclic) bond motifs is 2. The van der Waals surface area contributed by atoms with Crippen LogP contribution >= 0.6 is 0 Å². The van der Waals surface area contributed by atoms with Crippen molar-refractivity contribution < 1.29 is 14.3 Å². The molecule has 1 fully saturated rings. The Bertz CT molecular complexity index is 1060. The highest BCUT2D eigenvalue weighted by atomic mass is 16.5. The number of nitrogens with zero attached hydrogens (tertiary/aromatic N) is 3. The largest absolute Gasteiger partial charge is 0.497 e. The van der Waals surface area contributed by atoms with Crippen LogP contribution in [0, 0.1) is 0 Å². The Hall–Kier alpha value is -3.15. The summed E-state index contributed by atoms with van der Waals surface area (Å²) in [5.74, 6) is 2.35. The number of piperidine rings is 1. The molecule has 5 rings (SSSR count). The molecule has 0 bridgehead atoms. The lowest BCUT2D eigenvalue weighted by Gasteiger charge is -2.44. The van der Waals surface area contributed by atoms with Crippen LogP contribution in [0.25, 0.3) is 11.0 Å². The number of benzene rings is 2. The number of aromatic nitrogens is 2. The van der Waals surface area contributed by atoms with Gasteiger partial charge in [0.15, 0.2) is 5.78 Å². The first-order valence-corrected chi connectivity index (χ1v) is 9.53. The molecule has 1 spiro atoms. The van der Waals surface area contributed by atoms with Crippen LogP contribution in [0.5, 0.6) is 11.5 Å². The van der Waals surface area contributed by atoms with Gasteiger partial charge in [-0.05, 0) is 24.3 Å². The van der Waals surface area contributed by atoms with Crippen molar-refractivity contribution >= 4 is 22.6 Å². The second-order valence-corrected chi connectivity index (χ2v) is 7.45. The molecule has 2 aliphatic heterocycles. The first-order valence-electron chi connectivity index (χ1n) is 9.53. The first kappa shape index (κ1) is 17.0. The van der Waals surface area contributed by atoms with Crippen molar-refractivity contribution in [3.8, 4) is 11.5 Å². The van der Waals surface area contributed by atoms with E-state index in [1.807, 2.05) is 36.5 Å². The second kappa shape index (κ2) is 6.48. The number of methoxy groups -OCH3 is 1. The van der Waals surface area contributed by atoms with Gasteiger partial charge in [0.25, 0.3) is 0 Å². The topological polar surface area (TPSA) is 64.6 Å². The van der Waals surface area contributed by atoms with E-state index in [1.165, 1.54) is 0 Å². The molecular formula is C22H21N3O3. The monoisotopic (exact) mass is 375 g/mol. The number of para-hydroxylation sites is 2.